The smallest absolute Gasteiger partial charge is 0.276 e. The summed E-state index contributed by atoms with van der Waals surface area (Å²) in [7, 11) is 0. The van der Waals surface area contributed by atoms with Crippen molar-refractivity contribution in [3.8, 4) is 17.0 Å². The molecule has 1 amide bonds. The third-order valence-electron chi connectivity index (χ3n) is 6.85. The normalized spacial score (nSPS) is 15.6. The summed E-state index contributed by atoms with van der Waals surface area (Å²) in [5.74, 6) is 0.456. The van der Waals surface area contributed by atoms with Crippen LogP contribution in [0.5, 0.6) is 5.75 Å². The number of carbonyl (C=O) groups is 1. The standard InChI is InChI=1S/C27H27N5O3/c1-17-20(14-18-10-11-22-21(15-18)29-23(33)16-35-22)27(34)32-26(28-17)25(31-12-6-3-7-13-31)24(30-32)19-8-4-2-5-9-19/h2,4-5,8-11,15,30H,3,6-7,12-14,16H2,1H3,(H,29,33). The van der Waals surface area contributed by atoms with E-state index in [1.807, 2.05) is 43.3 Å². The maximum atomic E-state index is 13.8. The summed E-state index contributed by atoms with van der Waals surface area (Å²) in [6, 6.07) is 15.7. The van der Waals surface area contributed by atoms with E-state index < -0.39 is 0 Å². The van der Waals surface area contributed by atoms with E-state index in [-0.39, 0.29) is 18.1 Å². The molecular formula is C27H27N5O3. The van der Waals surface area contributed by atoms with Gasteiger partial charge in [0, 0.05) is 36.3 Å². The third kappa shape index (κ3) is 3.84. The summed E-state index contributed by atoms with van der Waals surface area (Å²) >= 11 is 0. The SMILES string of the molecule is Cc1nc2c(N3CCCCC3)c(-c3ccccc3)[nH]n2c(=O)c1Cc1ccc2c(c1)NC(=O)CO2. The summed E-state index contributed by atoms with van der Waals surface area (Å²) in [4.78, 5) is 32.8. The van der Waals surface area contributed by atoms with Crippen LogP contribution in [0.4, 0.5) is 11.4 Å². The van der Waals surface area contributed by atoms with E-state index in [0.29, 0.717) is 34.8 Å². The van der Waals surface area contributed by atoms with Gasteiger partial charge in [-0.3, -0.25) is 14.7 Å². The second-order valence-corrected chi connectivity index (χ2v) is 9.23. The number of amides is 1. The number of aromatic nitrogens is 3. The molecule has 2 aromatic heterocycles. The number of anilines is 2. The van der Waals surface area contributed by atoms with Crippen LogP contribution in [0.2, 0.25) is 0 Å². The number of aryl methyl sites for hydroxylation is 1. The molecule has 8 nitrogen and oxygen atoms in total. The molecule has 6 rings (SSSR count). The first-order valence-corrected chi connectivity index (χ1v) is 12.1. The maximum Gasteiger partial charge on any atom is 0.276 e. The second-order valence-electron chi connectivity index (χ2n) is 9.23. The molecule has 4 aromatic rings. The molecule has 1 fully saturated rings. The van der Waals surface area contributed by atoms with Crippen LogP contribution in [0.1, 0.15) is 36.1 Å². The molecule has 0 radical (unpaired) electrons. The van der Waals surface area contributed by atoms with Gasteiger partial charge >= 0.3 is 0 Å². The van der Waals surface area contributed by atoms with Crippen LogP contribution < -0.4 is 20.5 Å². The Morgan fingerprint density at radius 3 is 2.63 bits per heavy atom. The number of hydrogen-bond donors (Lipinski definition) is 2. The van der Waals surface area contributed by atoms with Gasteiger partial charge in [0.2, 0.25) is 0 Å². The molecule has 2 aliphatic rings. The first kappa shape index (κ1) is 21.5. The lowest BCUT2D eigenvalue weighted by Crippen LogP contribution is -2.30. The van der Waals surface area contributed by atoms with Crippen molar-refractivity contribution in [3.63, 3.8) is 0 Å². The van der Waals surface area contributed by atoms with Crippen LogP contribution >= 0.6 is 0 Å². The first-order valence-electron chi connectivity index (χ1n) is 12.1. The highest BCUT2D eigenvalue weighted by atomic mass is 16.5. The molecule has 2 aliphatic heterocycles. The van der Waals surface area contributed by atoms with Gasteiger partial charge in [0.05, 0.1) is 11.4 Å². The van der Waals surface area contributed by atoms with E-state index in [1.54, 1.807) is 4.52 Å². The van der Waals surface area contributed by atoms with Crippen molar-refractivity contribution in [3.05, 3.63) is 75.7 Å². The predicted octanol–water partition coefficient (Wildman–Crippen LogP) is 3.91. The Labute approximate surface area is 202 Å². The fraction of sp³-hybridized carbons (Fsp3) is 0.296. The minimum atomic E-state index is -0.181. The third-order valence-corrected chi connectivity index (χ3v) is 6.85. The number of nitrogens with one attached hydrogen (secondary N) is 2. The summed E-state index contributed by atoms with van der Waals surface area (Å²) in [5, 5.41) is 6.21. The van der Waals surface area contributed by atoms with E-state index in [4.69, 9.17) is 9.72 Å². The van der Waals surface area contributed by atoms with Crippen molar-refractivity contribution in [2.24, 2.45) is 0 Å². The molecule has 0 saturated carbocycles. The number of ether oxygens (including phenoxy) is 1. The van der Waals surface area contributed by atoms with Crippen LogP contribution in [0.15, 0.2) is 53.3 Å². The fourth-order valence-corrected chi connectivity index (χ4v) is 5.07. The van der Waals surface area contributed by atoms with Crippen molar-refractivity contribution < 1.29 is 9.53 Å². The molecule has 0 unspecified atom stereocenters. The molecule has 35 heavy (non-hydrogen) atoms. The molecule has 8 heteroatoms. The van der Waals surface area contributed by atoms with E-state index in [2.05, 4.69) is 27.4 Å². The van der Waals surface area contributed by atoms with E-state index in [9.17, 15) is 9.59 Å². The number of aromatic amines is 1. The van der Waals surface area contributed by atoms with Crippen LogP contribution in [-0.2, 0) is 11.2 Å². The summed E-state index contributed by atoms with van der Waals surface area (Å²) < 4.78 is 7.06. The molecule has 4 heterocycles. The molecule has 0 bridgehead atoms. The summed E-state index contributed by atoms with van der Waals surface area (Å²) in [6.07, 6.45) is 3.89. The van der Waals surface area contributed by atoms with Crippen LogP contribution in [0, 0.1) is 6.92 Å². The maximum absolute atomic E-state index is 13.8. The van der Waals surface area contributed by atoms with Crippen molar-refractivity contribution >= 4 is 22.9 Å². The minimum absolute atomic E-state index is 0.0172. The molecule has 1 saturated heterocycles. The van der Waals surface area contributed by atoms with Crippen LogP contribution in [0.25, 0.3) is 16.9 Å². The van der Waals surface area contributed by atoms with Crippen LogP contribution in [0.3, 0.4) is 0 Å². The van der Waals surface area contributed by atoms with Gasteiger partial charge in [-0.25, -0.2) is 4.98 Å². The number of H-pyrrole nitrogens is 1. The number of piperidine rings is 1. The number of rotatable bonds is 4. The Morgan fingerprint density at radius 2 is 1.83 bits per heavy atom. The summed E-state index contributed by atoms with van der Waals surface area (Å²) in [6.45, 7) is 3.82. The summed E-state index contributed by atoms with van der Waals surface area (Å²) in [5.41, 5.74) is 6.38. The monoisotopic (exact) mass is 469 g/mol. The number of fused-ring (bicyclic) bond motifs is 2. The Balaban J connectivity index is 1.46. The van der Waals surface area contributed by atoms with Crippen molar-refractivity contribution in [2.75, 3.05) is 29.9 Å². The van der Waals surface area contributed by atoms with Gasteiger partial charge < -0.3 is 15.0 Å². The molecule has 0 spiro atoms. The van der Waals surface area contributed by atoms with Gasteiger partial charge in [0.1, 0.15) is 11.4 Å². The topological polar surface area (TPSA) is 91.7 Å². The van der Waals surface area contributed by atoms with Gasteiger partial charge in [-0.2, -0.15) is 4.52 Å². The highest BCUT2D eigenvalue weighted by Crippen LogP contribution is 2.35. The lowest BCUT2D eigenvalue weighted by molar-refractivity contribution is -0.118. The van der Waals surface area contributed by atoms with Gasteiger partial charge in [-0.15, -0.1) is 0 Å². The van der Waals surface area contributed by atoms with Gasteiger partial charge in [0.15, 0.2) is 12.3 Å². The number of benzene rings is 2. The average Bonchev–Trinajstić information content (AvgIpc) is 3.27. The minimum Gasteiger partial charge on any atom is -0.482 e. The van der Waals surface area contributed by atoms with Gasteiger partial charge in [-0.1, -0.05) is 36.4 Å². The Bertz CT molecular complexity index is 1480. The predicted molar refractivity (Wildman–Crippen MR) is 135 cm³/mol. The largest absolute Gasteiger partial charge is 0.482 e. The van der Waals surface area contributed by atoms with E-state index in [1.165, 1.54) is 6.42 Å². The quantitative estimate of drug-likeness (QED) is 0.473. The molecule has 0 atom stereocenters. The molecule has 2 aromatic carbocycles. The Morgan fingerprint density at radius 1 is 1.03 bits per heavy atom. The zero-order valence-corrected chi connectivity index (χ0v) is 19.6. The lowest BCUT2D eigenvalue weighted by Gasteiger charge is -2.28. The van der Waals surface area contributed by atoms with Crippen LogP contribution in [-0.4, -0.2) is 40.2 Å². The molecule has 0 aliphatic carbocycles. The highest BCUT2D eigenvalue weighted by molar-refractivity contribution is 5.95. The number of carbonyl (C=O) groups excluding carboxylic acids is 1. The number of nitrogens with zero attached hydrogens (tertiary/aromatic N) is 3. The number of hydrogen-bond acceptors (Lipinski definition) is 5. The zero-order chi connectivity index (χ0) is 23.9. The van der Waals surface area contributed by atoms with E-state index in [0.717, 1.165) is 48.4 Å². The zero-order valence-electron chi connectivity index (χ0n) is 19.6. The van der Waals surface area contributed by atoms with Crippen molar-refractivity contribution in [2.45, 2.75) is 32.6 Å². The van der Waals surface area contributed by atoms with Gasteiger partial charge in [-0.05, 0) is 43.9 Å². The second kappa shape index (κ2) is 8.61. The van der Waals surface area contributed by atoms with Crippen molar-refractivity contribution in [1.29, 1.82) is 0 Å². The Kier molecular flexibility index (Phi) is 5.28. The highest BCUT2D eigenvalue weighted by Gasteiger charge is 2.25. The first-order chi connectivity index (χ1) is 17.1. The fourth-order valence-electron chi connectivity index (χ4n) is 5.07. The molecule has 178 valence electrons. The van der Waals surface area contributed by atoms with Crippen molar-refractivity contribution in [1.82, 2.24) is 14.6 Å². The molecule has 2 N–H and O–H groups in total. The van der Waals surface area contributed by atoms with Gasteiger partial charge in [0.25, 0.3) is 11.5 Å². The lowest BCUT2D eigenvalue weighted by atomic mass is 10.0. The Hall–Kier alpha value is -4.07. The van der Waals surface area contributed by atoms with E-state index >= 15 is 0 Å². The average molecular weight is 470 g/mol. The molecular weight excluding hydrogens is 442 g/mol.